The van der Waals surface area contributed by atoms with Crippen LogP contribution in [0.3, 0.4) is 0 Å². The van der Waals surface area contributed by atoms with Crippen molar-refractivity contribution in [1.82, 2.24) is 0 Å². The van der Waals surface area contributed by atoms with Crippen molar-refractivity contribution in [1.29, 1.82) is 0 Å². The average Bonchev–Trinajstić information content (AvgIpc) is 1.97. The smallest absolute Gasteiger partial charge is 0.118 e. The molecule has 0 bridgehead atoms. The van der Waals surface area contributed by atoms with Crippen molar-refractivity contribution >= 4 is 11.6 Å². The van der Waals surface area contributed by atoms with Crippen LogP contribution in [0.1, 0.15) is 26.3 Å². The van der Waals surface area contributed by atoms with Crippen LogP contribution >= 0.6 is 11.6 Å². The Hall–Kier alpha value is -1.13. The predicted molar refractivity (Wildman–Crippen MR) is 59.4 cm³/mol. The van der Waals surface area contributed by atoms with E-state index >= 15 is 0 Å². The van der Waals surface area contributed by atoms with Crippen LogP contribution in [0.2, 0.25) is 5.02 Å². The molecule has 0 amide bonds. The van der Waals surface area contributed by atoms with Gasteiger partial charge in [-0.1, -0.05) is 23.4 Å². The molecular formula is C12H13ClO. The molecule has 0 saturated carbocycles. The Labute approximate surface area is 89.7 Å². The Morgan fingerprint density at radius 1 is 1.21 bits per heavy atom. The quantitative estimate of drug-likeness (QED) is 0.648. The second kappa shape index (κ2) is 3.94. The van der Waals surface area contributed by atoms with Crippen molar-refractivity contribution in [2.24, 2.45) is 5.41 Å². The van der Waals surface area contributed by atoms with Gasteiger partial charge in [0.1, 0.15) is 5.75 Å². The number of phenolic OH excluding ortho intramolecular Hbond substituents is 1. The third-order valence-electron chi connectivity index (χ3n) is 1.46. The van der Waals surface area contributed by atoms with E-state index < -0.39 is 0 Å². The third kappa shape index (κ3) is 3.72. The van der Waals surface area contributed by atoms with Crippen LogP contribution in [0.15, 0.2) is 18.2 Å². The molecule has 1 aromatic rings. The van der Waals surface area contributed by atoms with Crippen LogP contribution in [-0.2, 0) is 0 Å². The molecule has 0 heterocycles. The molecule has 0 unspecified atom stereocenters. The maximum absolute atomic E-state index is 9.27. The Bertz CT molecular complexity index is 371. The lowest BCUT2D eigenvalue weighted by atomic mass is 9.97. The van der Waals surface area contributed by atoms with Crippen LogP contribution in [0.5, 0.6) is 5.75 Å². The first-order valence-corrected chi connectivity index (χ1v) is 4.77. The second-order valence-electron chi connectivity index (χ2n) is 4.20. The summed E-state index contributed by atoms with van der Waals surface area (Å²) in [5, 5.41) is 9.77. The summed E-state index contributed by atoms with van der Waals surface area (Å²) in [7, 11) is 0. The molecule has 1 nitrogen and oxygen atoms in total. The summed E-state index contributed by atoms with van der Waals surface area (Å²) < 4.78 is 0. The van der Waals surface area contributed by atoms with Crippen molar-refractivity contribution in [2.75, 3.05) is 0 Å². The Morgan fingerprint density at radius 2 is 1.86 bits per heavy atom. The molecule has 14 heavy (non-hydrogen) atoms. The van der Waals surface area contributed by atoms with Gasteiger partial charge in [0.15, 0.2) is 0 Å². The second-order valence-corrected chi connectivity index (χ2v) is 4.63. The summed E-state index contributed by atoms with van der Waals surface area (Å²) in [6, 6.07) is 4.83. The topological polar surface area (TPSA) is 20.2 Å². The van der Waals surface area contributed by atoms with Crippen molar-refractivity contribution in [3.63, 3.8) is 0 Å². The van der Waals surface area contributed by atoms with Gasteiger partial charge in [0, 0.05) is 16.0 Å². The number of benzene rings is 1. The first-order valence-electron chi connectivity index (χ1n) is 4.39. The normalized spacial score (nSPS) is 10.6. The number of phenols is 1. The third-order valence-corrected chi connectivity index (χ3v) is 1.68. The van der Waals surface area contributed by atoms with E-state index in [1.54, 1.807) is 12.1 Å². The van der Waals surface area contributed by atoms with Crippen LogP contribution < -0.4 is 0 Å². The Kier molecular flexibility index (Phi) is 3.08. The molecule has 0 atom stereocenters. The lowest BCUT2D eigenvalue weighted by molar-refractivity contribution is 0.475. The van der Waals surface area contributed by atoms with E-state index in [9.17, 15) is 5.11 Å². The van der Waals surface area contributed by atoms with Gasteiger partial charge in [-0.3, -0.25) is 0 Å². The number of halogens is 1. The zero-order chi connectivity index (χ0) is 10.8. The van der Waals surface area contributed by atoms with E-state index in [2.05, 4.69) is 11.8 Å². The Morgan fingerprint density at radius 3 is 2.36 bits per heavy atom. The van der Waals surface area contributed by atoms with Gasteiger partial charge in [-0.05, 0) is 39.0 Å². The van der Waals surface area contributed by atoms with E-state index in [0.29, 0.717) is 5.02 Å². The minimum absolute atomic E-state index is 0.0437. The first-order chi connectivity index (χ1) is 6.37. The summed E-state index contributed by atoms with van der Waals surface area (Å²) in [6.07, 6.45) is 0. The van der Waals surface area contributed by atoms with E-state index in [0.717, 1.165) is 5.56 Å². The fourth-order valence-electron chi connectivity index (χ4n) is 0.906. The molecule has 0 aliphatic heterocycles. The highest BCUT2D eigenvalue weighted by molar-refractivity contribution is 6.30. The summed E-state index contributed by atoms with van der Waals surface area (Å²) in [6.45, 7) is 6.10. The summed E-state index contributed by atoms with van der Waals surface area (Å²) in [5.41, 5.74) is 0.697. The monoisotopic (exact) mass is 208 g/mol. The highest BCUT2D eigenvalue weighted by Gasteiger charge is 2.03. The van der Waals surface area contributed by atoms with Crippen molar-refractivity contribution in [3.05, 3.63) is 28.8 Å². The molecule has 0 radical (unpaired) electrons. The van der Waals surface area contributed by atoms with Gasteiger partial charge in [-0.15, -0.1) is 0 Å². The maximum Gasteiger partial charge on any atom is 0.118 e. The highest BCUT2D eigenvalue weighted by Crippen LogP contribution is 2.19. The molecule has 1 rings (SSSR count). The van der Waals surface area contributed by atoms with E-state index in [-0.39, 0.29) is 11.2 Å². The minimum Gasteiger partial charge on any atom is -0.508 e. The van der Waals surface area contributed by atoms with Gasteiger partial charge in [-0.25, -0.2) is 0 Å². The number of hydrogen-bond donors (Lipinski definition) is 1. The number of hydrogen-bond acceptors (Lipinski definition) is 1. The molecule has 0 aliphatic carbocycles. The lowest BCUT2D eigenvalue weighted by Crippen LogP contribution is -1.99. The molecule has 2 heteroatoms. The fraction of sp³-hybridized carbons (Fsp3) is 0.333. The maximum atomic E-state index is 9.27. The van der Waals surface area contributed by atoms with Crippen LogP contribution in [0, 0.1) is 17.3 Å². The SMILES string of the molecule is CC(C)(C)C#Cc1cc(O)cc(Cl)c1. The molecule has 1 N–H and O–H groups in total. The standard InChI is InChI=1S/C12H13ClO/c1-12(2,3)5-4-9-6-10(13)8-11(14)7-9/h6-8,14H,1-3H3. The van der Waals surface area contributed by atoms with Crippen molar-refractivity contribution < 1.29 is 5.11 Å². The van der Waals surface area contributed by atoms with E-state index in [1.165, 1.54) is 6.07 Å². The zero-order valence-electron chi connectivity index (χ0n) is 8.56. The van der Waals surface area contributed by atoms with Gasteiger partial charge in [0.2, 0.25) is 0 Å². The molecule has 0 saturated heterocycles. The molecule has 0 aliphatic rings. The zero-order valence-corrected chi connectivity index (χ0v) is 9.31. The van der Waals surface area contributed by atoms with E-state index in [1.807, 2.05) is 20.8 Å². The van der Waals surface area contributed by atoms with Gasteiger partial charge in [-0.2, -0.15) is 0 Å². The van der Waals surface area contributed by atoms with Crippen LogP contribution in [0.25, 0.3) is 0 Å². The highest BCUT2D eigenvalue weighted by atomic mass is 35.5. The van der Waals surface area contributed by atoms with Crippen LogP contribution in [-0.4, -0.2) is 5.11 Å². The van der Waals surface area contributed by atoms with Gasteiger partial charge < -0.3 is 5.11 Å². The molecule has 0 fully saturated rings. The van der Waals surface area contributed by atoms with Crippen molar-refractivity contribution in [3.8, 4) is 17.6 Å². The summed E-state index contributed by atoms with van der Waals surface area (Å²) >= 11 is 5.77. The predicted octanol–water partition coefficient (Wildman–Crippen LogP) is 3.44. The molecular weight excluding hydrogens is 196 g/mol. The number of aromatic hydroxyl groups is 1. The van der Waals surface area contributed by atoms with Gasteiger partial charge in [0.25, 0.3) is 0 Å². The molecule has 0 spiro atoms. The lowest BCUT2D eigenvalue weighted by Gasteiger charge is -2.06. The van der Waals surface area contributed by atoms with Crippen LogP contribution in [0.4, 0.5) is 0 Å². The largest absolute Gasteiger partial charge is 0.508 e. The number of rotatable bonds is 0. The van der Waals surface area contributed by atoms with Gasteiger partial charge >= 0.3 is 0 Å². The van der Waals surface area contributed by atoms with Crippen molar-refractivity contribution in [2.45, 2.75) is 20.8 Å². The molecule has 1 aromatic carbocycles. The summed E-state index contributed by atoms with van der Waals surface area (Å²) in [4.78, 5) is 0. The molecule has 74 valence electrons. The first kappa shape index (κ1) is 10.9. The van der Waals surface area contributed by atoms with E-state index in [4.69, 9.17) is 11.6 Å². The summed E-state index contributed by atoms with van der Waals surface area (Å²) in [5.74, 6) is 6.19. The molecule has 0 aromatic heterocycles. The fourth-order valence-corrected chi connectivity index (χ4v) is 1.14. The van der Waals surface area contributed by atoms with Gasteiger partial charge in [0.05, 0.1) is 0 Å². The minimum atomic E-state index is -0.0437. The Balaban J connectivity index is 3.02. The average molecular weight is 209 g/mol.